The number of amides is 1. The number of benzene rings is 2. The van der Waals surface area contributed by atoms with Gasteiger partial charge in [0, 0.05) is 23.8 Å². The molecule has 1 atom stereocenters. The molecule has 178 valence electrons. The van der Waals surface area contributed by atoms with Crippen LogP contribution in [0.2, 0.25) is 5.02 Å². The van der Waals surface area contributed by atoms with E-state index >= 15 is 0 Å². The Morgan fingerprint density at radius 1 is 1.24 bits per heavy atom. The monoisotopic (exact) mass is 501 g/mol. The quantitative estimate of drug-likeness (QED) is 0.296. The van der Waals surface area contributed by atoms with Gasteiger partial charge in [0.2, 0.25) is 11.1 Å². The lowest BCUT2D eigenvalue weighted by Crippen LogP contribution is -2.60. The van der Waals surface area contributed by atoms with Gasteiger partial charge in [0.1, 0.15) is 0 Å². The fraction of sp³-hybridized carbons (Fsp3) is 0.333. The van der Waals surface area contributed by atoms with E-state index in [1.165, 1.54) is 32.9 Å². The minimum atomic E-state index is -0.803. The van der Waals surface area contributed by atoms with Crippen LogP contribution in [0, 0.1) is 0 Å². The fourth-order valence-corrected chi connectivity index (χ4v) is 5.23. The lowest BCUT2D eigenvalue weighted by Gasteiger charge is -2.31. The van der Waals surface area contributed by atoms with Crippen molar-refractivity contribution in [3.8, 4) is 22.8 Å². The Hall–Kier alpha value is -3.04. The van der Waals surface area contributed by atoms with Crippen LogP contribution in [-0.4, -0.2) is 36.0 Å². The standard InChI is InChI=1S/C24H25ClN4O4S/c1-5-6-11-34-24-26-22(31)21-15-9-7-8-10-18(15)28(14(2)30)23(29(21)27-24)16-12-19(32-3)20(33-4)13-17(16)25/h7-10,12-13,23H,5-6,11H2,1-4H3/p+1/t23-/m0/s1. The molecule has 8 nitrogen and oxygen atoms in total. The zero-order valence-electron chi connectivity index (χ0n) is 19.4. The van der Waals surface area contributed by atoms with Crippen molar-refractivity contribution in [3.05, 3.63) is 57.3 Å². The number of hydrogen-bond donors (Lipinski definition) is 1. The topological polar surface area (TPSA) is 88.4 Å². The molecule has 0 saturated heterocycles. The third-order valence-corrected chi connectivity index (χ3v) is 6.89. The summed E-state index contributed by atoms with van der Waals surface area (Å²) in [6.45, 7) is 3.59. The third kappa shape index (κ3) is 4.25. The second-order valence-electron chi connectivity index (χ2n) is 7.76. The number of rotatable bonds is 7. The highest BCUT2D eigenvalue weighted by atomic mass is 35.5. The van der Waals surface area contributed by atoms with Crippen molar-refractivity contribution < 1.29 is 19.0 Å². The molecule has 0 aliphatic carbocycles. The van der Waals surface area contributed by atoms with Crippen molar-refractivity contribution in [2.24, 2.45) is 0 Å². The molecule has 1 aliphatic rings. The molecule has 0 spiro atoms. The van der Waals surface area contributed by atoms with Gasteiger partial charge in [-0.2, -0.15) is 0 Å². The highest BCUT2D eigenvalue weighted by Crippen LogP contribution is 2.42. The van der Waals surface area contributed by atoms with Gasteiger partial charge in [0.15, 0.2) is 11.5 Å². The molecule has 2 aromatic carbocycles. The van der Waals surface area contributed by atoms with Gasteiger partial charge in [0.05, 0.1) is 36.1 Å². The van der Waals surface area contributed by atoms with Crippen LogP contribution < -0.4 is 24.6 Å². The molecule has 10 heteroatoms. The molecule has 1 aliphatic heterocycles. The van der Waals surface area contributed by atoms with Gasteiger partial charge >= 0.3 is 11.3 Å². The number of aromatic amines is 1. The Labute approximate surface area is 206 Å². The number of hydrogen-bond acceptors (Lipinski definition) is 6. The van der Waals surface area contributed by atoms with Crippen LogP contribution in [0.4, 0.5) is 5.69 Å². The van der Waals surface area contributed by atoms with Gasteiger partial charge in [0.25, 0.3) is 6.17 Å². The number of unbranched alkanes of at least 4 members (excludes halogenated alkanes) is 1. The maximum Gasteiger partial charge on any atom is 0.325 e. The molecule has 0 fully saturated rings. The average molecular weight is 502 g/mol. The first-order valence-corrected chi connectivity index (χ1v) is 12.3. The summed E-state index contributed by atoms with van der Waals surface area (Å²) >= 11 is 8.18. The van der Waals surface area contributed by atoms with Crippen LogP contribution in [-0.2, 0) is 4.79 Å². The second-order valence-corrected chi connectivity index (χ2v) is 9.25. The summed E-state index contributed by atoms with van der Waals surface area (Å²) in [5, 5.41) is 5.61. The molecule has 0 radical (unpaired) electrons. The lowest BCUT2D eigenvalue weighted by molar-refractivity contribution is -0.763. The number of carbonyl (C=O) groups is 1. The predicted molar refractivity (Wildman–Crippen MR) is 132 cm³/mol. The molecular formula is C24H26ClN4O4S+. The third-order valence-electron chi connectivity index (χ3n) is 5.62. The summed E-state index contributed by atoms with van der Waals surface area (Å²) in [6.07, 6.45) is 1.22. The van der Waals surface area contributed by atoms with E-state index < -0.39 is 6.17 Å². The number of halogens is 1. The zero-order valence-corrected chi connectivity index (χ0v) is 21.0. The number of ether oxygens (including phenoxy) is 2. The predicted octanol–water partition coefficient (Wildman–Crippen LogP) is 4.20. The number of nitrogens with zero attached hydrogens (tertiary/aromatic N) is 3. The Kier molecular flexibility index (Phi) is 7.13. The van der Waals surface area contributed by atoms with Gasteiger partial charge in [-0.3, -0.25) is 14.6 Å². The van der Waals surface area contributed by atoms with Crippen molar-refractivity contribution in [1.29, 1.82) is 0 Å². The fourth-order valence-electron chi connectivity index (χ4n) is 4.04. The Balaban J connectivity index is 2.02. The number of fused-ring (bicyclic) bond motifs is 3. The summed E-state index contributed by atoms with van der Waals surface area (Å²) in [5.41, 5.74) is 1.84. The van der Waals surface area contributed by atoms with Crippen molar-refractivity contribution in [3.63, 3.8) is 0 Å². The van der Waals surface area contributed by atoms with Crippen molar-refractivity contribution in [2.75, 3.05) is 24.9 Å². The number of H-pyrrole nitrogens is 1. The SMILES string of the molecule is CCCCSc1n[n+]2c(c(=O)[nH]1)-c1ccccc1N(C(C)=O)[C@@H]2c1cc(OC)c(OC)cc1Cl. The number of para-hydroxylation sites is 1. The van der Waals surface area contributed by atoms with Crippen molar-refractivity contribution in [1.82, 2.24) is 10.1 Å². The number of nitrogens with one attached hydrogen (secondary N) is 1. The number of aromatic nitrogens is 3. The Bertz CT molecular complexity index is 1300. The average Bonchev–Trinajstić information content (AvgIpc) is 2.82. The van der Waals surface area contributed by atoms with E-state index in [0.717, 1.165) is 18.6 Å². The minimum absolute atomic E-state index is 0.219. The molecule has 3 aromatic rings. The smallest absolute Gasteiger partial charge is 0.325 e. The molecular weight excluding hydrogens is 476 g/mol. The van der Waals surface area contributed by atoms with Crippen LogP contribution in [0.5, 0.6) is 11.5 Å². The van der Waals surface area contributed by atoms with Crippen LogP contribution in [0.15, 0.2) is 46.3 Å². The molecule has 1 N–H and O–H groups in total. The summed E-state index contributed by atoms with van der Waals surface area (Å²) in [6, 6.07) is 10.6. The molecule has 2 heterocycles. The van der Waals surface area contributed by atoms with E-state index in [0.29, 0.717) is 44.2 Å². The summed E-state index contributed by atoms with van der Waals surface area (Å²) < 4.78 is 12.5. The van der Waals surface area contributed by atoms with Crippen LogP contribution in [0.3, 0.4) is 0 Å². The second kappa shape index (κ2) is 10.1. The van der Waals surface area contributed by atoms with Crippen LogP contribution in [0.1, 0.15) is 38.4 Å². The van der Waals surface area contributed by atoms with Crippen LogP contribution >= 0.6 is 23.4 Å². The maximum atomic E-state index is 13.3. The minimum Gasteiger partial charge on any atom is -0.493 e. The normalized spacial score (nSPS) is 14.4. The molecule has 0 unspecified atom stereocenters. The Morgan fingerprint density at radius 3 is 2.62 bits per heavy atom. The van der Waals surface area contributed by atoms with Gasteiger partial charge in [-0.1, -0.05) is 48.8 Å². The molecule has 4 rings (SSSR count). The largest absolute Gasteiger partial charge is 0.493 e. The maximum absolute atomic E-state index is 13.3. The molecule has 0 saturated carbocycles. The van der Waals surface area contributed by atoms with E-state index in [-0.39, 0.29) is 11.5 Å². The molecule has 0 bridgehead atoms. The van der Waals surface area contributed by atoms with Gasteiger partial charge < -0.3 is 9.47 Å². The summed E-state index contributed by atoms with van der Waals surface area (Å²) in [5.74, 6) is 1.51. The first-order chi connectivity index (χ1) is 16.4. The number of thioether (sulfide) groups is 1. The van der Waals surface area contributed by atoms with Crippen molar-refractivity contribution >= 4 is 35.0 Å². The zero-order chi connectivity index (χ0) is 24.4. The number of anilines is 1. The van der Waals surface area contributed by atoms with Crippen LogP contribution in [0.25, 0.3) is 11.3 Å². The number of carbonyl (C=O) groups excluding carboxylic acids is 1. The summed E-state index contributed by atoms with van der Waals surface area (Å²) in [7, 11) is 3.05. The lowest BCUT2D eigenvalue weighted by atomic mass is 10.0. The molecule has 1 aromatic heterocycles. The van der Waals surface area contributed by atoms with E-state index in [1.807, 2.05) is 24.3 Å². The van der Waals surface area contributed by atoms with Gasteiger partial charge in [-0.15, -0.1) is 0 Å². The van der Waals surface area contributed by atoms with E-state index in [9.17, 15) is 9.59 Å². The van der Waals surface area contributed by atoms with E-state index in [1.54, 1.807) is 21.7 Å². The van der Waals surface area contributed by atoms with E-state index in [2.05, 4.69) is 11.9 Å². The molecule has 34 heavy (non-hydrogen) atoms. The van der Waals surface area contributed by atoms with Crippen molar-refractivity contribution in [2.45, 2.75) is 38.0 Å². The van der Waals surface area contributed by atoms with Gasteiger partial charge in [-0.05, 0) is 29.3 Å². The Morgan fingerprint density at radius 2 is 1.94 bits per heavy atom. The summed E-state index contributed by atoms with van der Waals surface area (Å²) in [4.78, 5) is 30.9. The first kappa shape index (κ1) is 24.1. The van der Waals surface area contributed by atoms with E-state index in [4.69, 9.17) is 26.2 Å². The first-order valence-electron chi connectivity index (χ1n) is 10.9. The highest BCUT2D eigenvalue weighted by molar-refractivity contribution is 7.99. The van der Waals surface area contributed by atoms with Gasteiger partial charge in [-0.25, -0.2) is 4.90 Å². The highest BCUT2D eigenvalue weighted by Gasteiger charge is 2.46. The molecule has 1 amide bonds. The number of methoxy groups -OCH3 is 2.